The first-order valence-electron chi connectivity index (χ1n) is 7.95. The molecule has 0 aromatic heterocycles. The molecule has 0 radical (unpaired) electrons. The van der Waals surface area contributed by atoms with Crippen molar-refractivity contribution in [3.05, 3.63) is 70.8 Å². The Labute approximate surface area is 154 Å². The van der Waals surface area contributed by atoms with Gasteiger partial charge in [-0.15, -0.1) is 0 Å². The maximum absolute atomic E-state index is 12.7. The van der Waals surface area contributed by atoms with E-state index in [1.54, 1.807) is 13.8 Å². The highest BCUT2D eigenvalue weighted by Crippen LogP contribution is 2.30. The molecule has 0 amide bonds. The lowest BCUT2D eigenvalue weighted by Gasteiger charge is -2.33. The quantitative estimate of drug-likeness (QED) is 0.378. The van der Waals surface area contributed by atoms with Crippen LogP contribution >= 0.6 is 0 Å². The van der Waals surface area contributed by atoms with Gasteiger partial charge in [0.1, 0.15) is 0 Å². The van der Waals surface area contributed by atoms with E-state index in [0.29, 0.717) is 0 Å². The predicted molar refractivity (Wildman–Crippen MR) is 94.6 cm³/mol. The molecule has 2 rings (SSSR count). The van der Waals surface area contributed by atoms with Gasteiger partial charge in [0.25, 0.3) is 5.60 Å². The van der Waals surface area contributed by atoms with Crippen molar-refractivity contribution in [1.82, 2.24) is 0 Å². The van der Waals surface area contributed by atoms with Crippen LogP contribution in [0.15, 0.2) is 48.5 Å². The van der Waals surface area contributed by atoms with Crippen molar-refractivity contribution < 1.29 is 34.5 Å². The van der Waals surface area contributed by atoms with Crippen LogP contribution in [-0.2, 0) is 9.59 Å². The van der Waals surface area contributed by atoms with Crippen LogP contribution in [0.2, 0.25) is 0 Å². The number of aliphatic hydroxyl groups is 2. The molecule has 27 heavy (non-hydrogen) atoms. The van der Waals surface area contributed by atoms with Crippen LogP contribution in [0.5, 0.6) is 0 Å². The fraction of sp³-hybridized carbons (Fsp3) is 0.200. The van der Waals surface area contributed by atoms with Gasteiger partial charge in [0.05, 0.1) is 0 Å². The van der Waals surface area contributed by atoms with E-state index in [-0.39, 0.29) is 11.1 Å². The second-order valence-electron chi connectivity index (χ2n) is 6.29. The van der Waals surface area contributed by atoms with Crippen LogP contribution in [0, 0.1) is 13.8 Å². The van der Waals surface area contributed by atoms with Gasteiger partial charge in [-0.2, -0.15) is 0 Å². The number of aliphatic carboxylic acids is 1. The summed E-state index contributed by atoms with van der Waals surface area (Å²) in [5.41, 5.74) is -6.20. The number of carbonyl (C=O) groups excluding carboxylic acids is 3. The van der Waals surface area contributed by atoms with Crippen molar-refractivity contribution in [3.63, 3.8) is 0 Å². The molecule has 7 heteroatoms. The van der Waals surface area contributed by atoms with Crippen LogP contribution in [0.1, 0.15) is 31.8 Å². The van der Waals surface area contributed by atoms with Crippen molar-refractivity contribution in [2.24, 2.45) is 0 Å². The lowest BCUT2D eigenvalue weighted by Crippen LogP contribution is -2.68. The van der Waals surface area contributed by atoms with E-state index in [1.807, 2.05) is 0 Å². The number of aldehydes is 1. The van der Waals surface area contributed by atoms with E-state index >= 15 is 0 Å². The van der Waals surface area contributed by atoms with Crippen molar-refractivity contribution in [1.29, 1.82) is 0 Å². The van der Waals surface area contributed by atoms with Gasteiger partial charge in [0, 0.05) is 11.1 Å². The SMILES string of the molecule is Cc1ccc(C(=O)[C@@](O)(C(=O)O)[C@](O)(C=O)C(=O)c2ccc(C)cc2)cc1. The van der Waals surface area contributed by atoms with Crippen molar-refractivity contribution >= 4 is 23.8 Å². The number of carboxylic acids is 1. The van der Waals surface area contributed by atoms with Gasteiger partial charge in [-0.3, -0.25) is 14.4 Å². The minimum Gasteiger partial charge on any atom is -0.479 e. The monoisotopic (exact) mass is 370 g/mol. The summed E-state index contributed by atoms with van der Waals surface area (Å²) in [5.74, 6) is -5.10. The van der Waals surface area contributed by atoms with Crippen LogP contribution in [0.25, 0.3) is 0 Å². The molecule has 3 N–H and O–H groups in total. The zero-order valence-electron chi connectivity index (χ0n) is 14.7. The van der Waals surface area contributed by atoms with Crippen LogP contribution in [0.3, 0.4) is 0 Å². The van der Waals surface area contributed by atoms with Gasteiger partial charge in [0.15, 0.2) is 6.29 Å². The van der Waals surface area contributed by atoms with Gasteiger partial charge >= 0.3 is 5.97 Å². The molecule has 0 fully saturated rings. The Hall–Kier alpha value is -3.16. The van der Waals surface area contributed by atoms with Gasteiger partial charge in [0.2, 0.25) is 17.2 Å². The molecular formula is C20H18O7. The molecule has 2 atom stereocenters. The minimum atomic E-state index is -3.70. The summed E-state index contributed by atoms with van der Waals surface area (Å²) in [4.78, 5) is 48.8. The Bertz CT molecular complexity index is 899. The number of benzene rings is 2. The van der Waals surface area contributed by atoms with Crippen LogP contribution in [-0.4, -0.2) is 50.3 Å². The summed E-state index contributed by atoms with van der Waals surface area (Å²) in [5, 5.41) is 30.7. The van der Waals surface area contributed by atoms with Gasteiger partial charge in [-0.05, 0) is 13.8 Å². The standard InChI is InChI=1S/C20H18O7/c1-12-3-7-14(8-4-12)16(22)19(26,11-21)20(27,18(24)25)17(23)15-9-5-13(2)6-10-15/h3-11,26-27H,1-2H3,(H,24,25)/t19-,20+/m0/s1. The maximum Gasteiger partial charge on any atom is 0.348 e. The van der Waals surface area contributed by atoms with Gasteiger partial charge < -0.3 is 15.3 Å². The van der Waals surface area contributed by atoms with E-state index < -0.39 is 35.0 Å². The predicted octanol–water partition coefficient (Wildman–Crippen LogP) is 1.11. The van der Waals surface area contributed by atoms with E-state index in [0.717, 1.165) is 11.1 Å². The van der Waals surface area contributed by atoms with Crippen molar-refractivity contribution in [2.45, 2.75) is 25.0 Å². The lowest BCUT2D eigenvalue weighted by atomic mass is 9.74. The molecule has 0 heterocycles. The van der Waals surface area contributed by atoms with Gasteiger partial charge in [-0.1, -0.05) is 59.7 Å². The molecule has 0 unspecified atom stereocenters. The largest absolute Gasteiger partial charge is 0.479 e. The number of hydrogen-bond donors (Lipinski definition) is 3. The summed E-state index contributed by atoms with van der Waals surface area (Å²) in [6.07, 6.45) is -0.421. The summed E-state index contributed by atoms with van der Waals surface area (Å²) in [7, 11) is 0. The highest BCUT2D eigenvalue weighted by atomic mass is 16.4. The second-order valence-corrected chi connectivity index (χ2v) is 6.29. The molecule has 2 aromatic carbocycles. The molecule has 2 aromatic rings. The van der Waals surface area contributed by atoms with Crippen molar-refractivity contribution in [2.75, 3.05) is 0 Å². The van der Waals surface area contributed by atoms with Crippen LogP contribution < -0.4 is 0 Å². The maximum atomic E-state index is 12.7. The molecule has 7 nitrogen and oxygen atoms in total. The molecule has 0 saturated carbocycles. The Morgan fingerprint density at radius 1 is 0.778 bits per heavy atom. The number of hydrogen-bond acceptors (Lipinski definition) is 6. The summed E-state index contributed by atoms with van der Waals surface area (Å²) < 4.78 is 0. The molecule has 140 valence electrons. The second kappa shape index (κ2) is 7.22. The number of carboxylic acid groups (broad SMARTS) is 1. The smallest absolute Gasteiger partial charge is 0.348 e. The molecule has 0 aliphatic rings. The Kier molecular flexibility index (Phi) is 5.39. The Morgan fingerprint density at radius 2 is 1.15 bits per heavy atom. The Morgan fingerprint density at radius 3 is 1.48 bits per heavy atom. The highest BCUT2D eigenvalue weighted by molar-refractivity contribution is 6.26. The number of rotatable bonds is 7. The number of ketones is 2. The molecule has 0 spiro atoms. The molecule has 0 aliphatic carbocycles. The van der Waals surface area contributed by atoms with Crippen molar-refractivity contribution in [3.8, 4) is 0 Å². The number of Topliss-reactive ketones (excluding diaryl/α,β-unsaturated/α-hetero) is 2. The first-order chi connectivity index (χ1) is 12.6. The average molecular weight is 370 g/mol. The van der Waals surface area contributed by atoms with Crippen LogP contribution in [0.4, 0.5) is 0 Å². The molecule has 0 saturated heterocycles. The third-order valence-electron chi connectivity index (χ3n) is 4.33. The van der Waals surface area contributed by atoms with E-state index in [2.05, 4.69) is 0 Å². The fourth-order valence-corrected chi connectivity index (χ4v) is 2.58. The fourth-order valence-electron chi connectivity index (χ4n) is 2.58. The normalized spacial score (nSPS) is 15.3. The topological polar surface area (TPSA) is 129 Å². The Balaban J connectivity index is 2.62. The first kappa shape index (κ1) is 20.2. The van der Waals surface area contributed by atoms with E-state index in [9.17, 15) is 34.5 Å². The molecule has 0 aliphatic heterocycles. The molecular weight excluding hydrogens is 352 g/mol. The number of aryl methyl sites for hydroxylation is 2. The third-order valence-corrected chi connectivity index (χ3v) is 4.33. The van der Waals surface area contributed by atoms with E-state index in [4.69, 9.17) is 0 Å². The zero-order valence-corrected chi connectivity index (χ0v) is 14.7. The summed E-state index contributed by atoms with van der Waals surface area (Å²) in [6.45, 7) is 3.45. The number of carbonyl (C=O) groups is 4. The van der Waals surface area contributed by atoms with E-state index in [1.165, 1.54) is 48.5 Å². The zero-order chi connectivity index (χ0) is 20.4. The third kappa shape index (κ3) is 3.30. The summed E-state index contributed by atoms with van der Waals surface area (Å²) >= 11 is 0. The molecule has 0 bridgehead atoms. The average Bonchev–Trinajstić information content (AvgIpc) is 2.66. The lowest BCUT2D eigenvalue weighted by molar-refractivity contribution is -0.173. The first-order valence-corrected chi connectivity index (χ1v) is 7.95. The minimum absolute atomic E-state index is 0.230. The summed E-state index contributed by atoms with van der Waals surface area (Å²) in [6, 6.07) is 10.9. The van der Waals surface area contributed by atoms with Gasteiger partial charge in [-0.25, -0.2) is 4.79 Å². The highest BCUT2D eigenvalue weighted by Gasteiger charge is 2.65.